The van der Waals surface area contributed by atoms with E-state index in [1.807, 2.05) is 0 Å². The third-order valence-electron chi connectivity index (χ3n) is 4.48. The lowest BCUT2D eigenvalue weighted by Crippen LogP contribution is -2.43. The summed E-state index contributed by atoms with van der Waals surface area (Å²) < 4.78 is 12.9. The maximum Gasteiger partial charge on any atom is 0.123 e. The van der Waals surface area contributed by atoms with Gasteiger partial charge in [-0.2, -0.15) is 5.10 Å². The van der Waals surface area contributed by atoms with Crippen LogP contribution in [-0.2, 0) is 6.54 Å². The first-order valence-corrected chi connectivity index (χ1v) is 8.43. The fraction of sp³-hybridized carbons (Fsp3) is 0.350. The van der Waals surface area contributed by atoms with Crippen molar-refractivity contribution in [3.63, 3.8) is 0 Å². The van der Waals surface area contributed by atoms with Crippen molar-refractivity contribution in [1.82, 2.24) is 9.91 Å². The summed E-state index contributed by atoms with van der Waals surface area (Å²) in [4.78, 5) is 2.47. The van der Waals surface area contributed by atoms with Crippen molar-refractivity contribution in [1.29, 1.82) is 0 Å². The fourth-order valence-corrected chi connectivity index (χ4v) is 2.97. The molecule has 1 heterocycles. The minimum absolute atomic E-state index is 0.216. The van der Waals surface area contributed by atoms with Crippen LogP contribution in [0.15, 0.2) is 47.6 Å². The Morgan fingerprint density at radius 2 is 1.71 bits per heavy atom. The molecule has 0 radical (unpaired) electrons. The van der Waals surface area contributed by atoms with Crippen LogP contribution in [0.2, 0.25) is 0 Å². The third-order valence-corrected chi connectivity index (χ3v) is 4.48. The molecule has 2 aromatic carbocycles. The van der Waals surface area contributed by atoms with E-state index in [1.54, 1.807) is 18.3 Å². The van der Waals surface area contributed by atoms with Crippen molar-refractivity contribution in [2.24, 2.45) is 5.10 Å². The van der Waals surface area contributed by atoms with Gasteiger partial charge in [-0.25, -0.2) is 4.39 Å². The molecule has 2 aromatic rings. The zero-order valence-corrected chi connectivity index (χ0v) is 14.4. The van der Waals surface area contributed by atoms with Crippen LogP contribution in [0.1, 0.15) is 22.3 Å². The van der Waals surface area contributed by atoms with Crippen molar-refractivity contribution in [2.75, 3.05) is 26.2 Å². The summed E-state index contributed by atoms with van der Waals surface area (Å²) in [5.74, 6) is -0.216. The number of hydrogen-bond donors (Lipinski definition) is 0. The highest BCUT2D eigenvalue weighted by atomic mass is 19.1. The Morgan fingerprint density at radius 3 is 2.38 bits per heavy atom. The average Bonchev–Trinajstić information content (AvgIpc) is 2.58. The molecule has 1 saturated heterocycles. The van der Waals surface area contributed by atoms with Gasteiger partial charge in [0.2, 0.25) is 0 Å². The third kappa shape index (κ3) is 4.42. The van der Waals surface area contributed by atoms with Gasteiger partial charge >= 0.3 is 0 Å². The maximum absolute atomic E-state index is 12.9. The molecule has 24 heavy (non-hydrogen) atoms. The lowest BCUT2D eigenvalue weighted by atomic mass is 10.1. The fourth-order valence-electron chi connectivity index (χ4n) is 2.97. The molecule has 3 nitrogen and oxygen atoms in total. The summed E-state index contributed by atoms with van der Waals surface area (Å²) >= 11 is 0. The van der Waals surface area contributed by atoms with Crippen molar-refractivity contribution < 1.29 is 4.39 Å². The Morgan fingerprint density at radius 1 is 1.00 bits per heavy atom. The minimum Gasteiger partial charge on any atom is -0.295 e. The van der Waals surface area contributed by atoms with Crippen LogP contribution in [0, 0.1) is 19.7 Å². The van der Waals surface area contributed by atoms with Crippen LogP contribution in [0.25, 0.3) is 0 Å². The van der Waals surface area contributed by atoms with E-state index < -0.39 is 0 Å². The van der Waals surface area contributed by atoms with Crippen LogP contribution in [-0.4, -0.2) is 42.3 Å². The van der Waals surface area contributed by atoms with E-state index in [1.165, 1.54) is 28.8 Å². The first-order valence-electron chi connectivity index (χ1n) is 8.43. The van der Waals surface area contributed by atoms with Gasteiger partial charge in [0.05, 0.1) is 6.21 Å². The Labute approximate surface area is 143 Å². The van der Waals surface area contributed by atoms with Crippen molar-refractivity contribution in [2.45, 2.75) is 20.4 Å². The molecule has 0 N–H and O–H groups in total. The van der Waals surface area contributed by atoms with Crippen molar-refractivity contribution >= 4 is 6.21 Å². The summed E-state index contributed by atoms with van der Waals surface area (Å²) in [6.45, 7) is 9.18. The molecule has 0 unspecified atom stereocenters. The molecule has 0 amide bonds. The SMILES string of the molecule is Cc1ccc(CN2CCN(/N=C/c3ccc(F)cc3)CC2)c(C)c1. The van der Waals surface area contributed by atoms with Crippen LogP contribution in [0.5, 0.6) is 0 Å². The van der Waals surface area contributed by atoms with Gasteiger partial charge < -0.3 is 0 Å². The number of hydrogen-bond acceptors (Lipinski definition) is 3. The van der Waals surface area contributed by atoms with E-state index in [0.29, 0.717) is 0 Å². The first-order chi connectivity index (χ1) is 11.6. The van der Waals surface area contributed by atoms with E-state index in [-0.39, 0.29) is 5.82 Å². The Bertz CT molecular complexity index is 701. The quantitative estimate of drug-likeness (QED) is 0.800. The molecule has 0 spiro atoms. The smallest absolute Gasteiger partial charge is 0.123 e. The van der Waals surface area contributed by atoms with Gasteiger partial charge in [-0.1, -0.05) is 35.9 Å². The molecule has 0 aromatic heterocycles. The number of halogens is 1. The number of rotatable bonds is 4. The predicted octanol–water partition coefficient (Wildman–Crippen LogP) is 3.59. The normalized spacial score (nSPS) is 16.0. The number of aryl methyl sites for hydroxylation is 2. The zero-order chi connectivity index (χ0) is 16.9. The summed E-state index contributed by atoms with van der Waals surface area (Å²) in [5.41, 5.74) is 5.01. The maximum atomic E-state index is 12.9. The summed E-state index contributed by atoms with van der Waals surface area (Å²) in [5, 5.41) is 6.60. The highest BCUT2D eigenvalue weighted by molar-refractivity contribution is 5.79. The molecule has 0 aliphatic carbocycles. The predicted molar refractivity (Wildman–Crippen MR) is 96.8 cm³/mol. The van der Waals surface area contributed by atoms with Gasteiger partial charge in [-0.15, -0.1) is 0 Å². The Balaban J connectivity index is 1.51. The van der Waals surface area contributed by atoms with Gasteiger partial charge in [0.15, 0.2) is 0 Å². The molecule has 1 aliphatic heterocycles. The highest BCUT2D eigenvalue weighted by Gasteiger charge is 2.16. The van der Waals surface area contributed by atoms with Crippen molar-refractivity contribution in [3.05, 3.63) is 70.5 Å². The second kappa shape index (κ2) is 7.58. The Hall–Kier alpha value is -2.20. The van der Waals surface area contributed by atoms with Gasteiger partial charge in [0.1, 0.15) is 5.82 Å². The molecule has 4 heteroatoms. The second-order valence-corrected chi connectivity index (χ2v) is 6.46. The second-order valence-electron chi connectivity index (χ2n) is 6.46. The molecule has 0 atom stereocenters. The number of hydrazone groups is 1. The van der Waals surface area contributed by atoms with E-state index in [9.17, 15) is 4.39 Å². The van der Waals surface area contributed by atoms with E-state index in [0.717, 1.165) is 38.3 Å². The van der Waals surface area contributed by atoms with Gasteiger partial charge in [0.25, 0.3) is 0 Å². The molecular weight excluding hydrogens is 301 g/mol. The highest BCUT2D eigenvalue weighted by Crippen LogP contribution is 2.14. The van der Waals surface area contributed by atoms with Crippen LogP contribution >= 0.6 is 0 Å². The van der Waals surface area contributed by atoms with E-state index in [2.05, 4.69) is 47.1 Å². The first kappa shape index (κ1) is 16.7. The van der Waals surface area contributed by atoms with Crippen LogP contribution in [0.4, 0.5) is 4.39 Å². The van der Waals surface area contributed by atoms with Crippen LogP contribution < -0.4 is 0 Å². The number of benzene rings is 2. The van der Waals surface area contributed by atoms with Crippen LogP contribution in [0.3, 0.4) is 0 Å². The van der Waals surface area contributed by atoms with Gasteiger partial charge in [-0.3, -0.25) is 9.91 Å². The molecular formula is C20H24FN3. The van der Waals surface area contributed by atoms with E-state index >= 15 is 0 Å². The molecule has 0 saturated carbocycles. The average molecular weight is 325 g/mol. The molecule has 0 bridgehead atoms. The summed E-state index contributed by atoms with van der Waals surface area (Å²) in [6, 6.07) is 13.1. The number of piperazine rings is 1. The van der Waals surface area contributed by atoms with E-state index in [4.69, 9.17) is 0 Å². The lowest BCUT2D eigenvalue weighted by molar-refractivity contribution is 0.131. The lowest BCUT2D eigenvalue weighted by Gasteiger charge is -2.33. The van der Waals surface area contributed by atoms with Gasteiger partial charge in [-0.05, 0) is 42.7 Å². The van der Waals surface area contributed by atoms with Crippen molar-refractivity contribution in [3.8, 4) is 0 Å². The topological polar surface area (TPSA) is 18.8 Å². The monoisotopic (exact) mass is 325 g/mol. The zero-order valence-electron chi connectivity index (χ0n) is 14.4. The summed E-state index contributed by atoms with van der Waals surface area (Å²) in [7, 11) is 0. The minimum atomic E-state index is -0.216. The molecule has 3 rings (SSSR count). The Kier molecular flexibility index (Phi) is 5.26. The standard InChI is InChI=1S/C20H24FN3/c1-16-3-6-19(17(2)13-16)15-23-9-11-24(12-10-23)22-14-18-4-7-20(21)8-5-18/h3-8,13-14H,9-12,15H2,1-2H3/b22-14+. The summed E-state index contributed by atoms with van der Waals surface area (Å²) in [6.07, 6.45) is 1.80. The number of nitrogens with zero attached hydrogens (tertiary/aromatic N) is 3. The van der Waals surface area contributed by atoms with Gasteiger partial charge in [0, 0.05) is 32.7 Å². The molecule has 1 aliphatic rings. The molecule has 126 valence electrons. The molecule has 1 fully saturated rings. The largest absolute Gasteiger partial charge is 0.295 e.